The van der Waals surface area contributed by atoms with Gasteiger partial charge in [0.15, 0.2) is 0 Å². The van der Waals surface area contributed by atoms with Gasteiger partial charge in [0.2, 0.25) is 5.91 Å². The number of likely N-dealkylation sites (N-methyl/N-ethyl adjacent to an activating group) is 1. The largest absolute Gasteiger partial charge is 0.481 e. The minimum atomic E-state index is -0.881. The van der Waals surface area contributed by atoms with Gasteiger partial charge in [-0.1, -0.05) is 12.8 Å². The highest BCUT2D eigenvalue weighted by molar-refractivity contribution is 8.00. The Bertz CT molecular complexity index is 302. The summed E-state index contributed by atoms with van der Waals surface area (Å²) in [6.07, 6.45) is 4.65. The molecule has 104 valence electrons. The third-order valence-electron chi connectivity index (χ3n) is 3.56. The molecule has 2 N–H and O–H groups in total. The van der Waals surface area contributed by atoms with Crippen molar-refractivity contribution in [1.82, 2.24) is 10.2 Å². The third kappa shape index (κ3) is 4.49. The van der Waals surface area contributed by atoms with Crippen LogP contribution in [0, 0.1) is 0 Å². The lowest BCUT2D eigenvalue weighted by Gasteiger charge is -2.36. The average molecular weight is 274 g/mol. The van der Waals surface area contributed by atoms with E-state index in [0.29, 0.717) is 6.54 Å². The third-order valence-corrected chi connectivity index (χ3v) is 4.47. The van der Waals surface area contributed by atoms with E-state index in [0.717, 1.165) is 24.6 Å². The second-order valence-corrected chi connectivity index (χ2v) is 5.97. The van der Waals surface area contributed by atoms with E-state index in [1.54, 1.807) is 0 Å². The number of rotatable bonds is 7. The maximum absolute atomic E-state index is 11.6. The van der Waals surface area contributed by atoms with Crippen molar-refractivity contribution in [3.63, 3.8) is 0 Å². The van der Waals surface area contributed by atoms with Gasteiger partial charge in [-0.05, 0) is 26.9 Å². The summed E-state index contributed by atoms with van der Waals surface area (Å²) in [4.78, 5) is 24.1. The highest BCUT2D eigenvalue weighted by atomic mass is 32.2. The molecule has 1 saturated carbocycles. The minimum Gasteiger partial charge on any atom is -0.481 e. The molecule has 0 atom stereocenters. The molecule has 0 aromatic rings. The van der Waals surface area contributed by atoms with E-state index in [4.69, 9.17) is 5.11 Å². The first-order chi connectivity index (χ1) is 8.46. The van der Waals surface area contributed by atoms with Crippen LogP contribution >= 0.6 is 11.8 Å². The fourth-order valence-corrected chi connectivity index (χ4v) is 2.92. The number of nitrogens with zero attached hydrogens (tertiary/aromatic N) is 1. The van der Waals surface area contributed by atoms with Crippen molar-refractivity contribution in [1.29, 1.82) is 0 Å². The standard InChI is InChI=1S/C12H22N2O3S/c1-14(2)12(5-3-4-6-12)9-13-10(15)7-18-8-11(16)17/h3-9H2,1-2H3,(H,13,15)(H,16,17). The number of carbonyl (C=O) groups excluding carboxylic acids is 1. The highest BCUT2D eigenvalue weighted by Gasteiger charge is 2.35. The zero-order valence-corrected chi connectivity index (χ0v) is 11.9. The number of aliphatic carboxylic acids is 1. The first-order valence-electron chi connectivity index (χ1n) is 6.20. The van der Waals surface area contributed by atoms with Crippen LogP contribution in [0.25, 0.3) is 0 Å². The fourth-order valence-electron chi connectivity index (χ4n) is 2.36. The lowest BCUT2D eigenvalue weighted by atomic mass is 9.96. The van der Waals surface area contributed by atoms with E-state index in [2.05, 4.69) is 24.3 Å². The molecule has 0 aromatic heterocycles. The number of carboxylic acid groups (broad SMARTS) is 1. The van der Waals surface area contributed by atoms with Crippen molar-refractivity contribution in [2.24, 2.45) is 0 Å². The molecule has 5 nitrogen and oxygen atoms in total. The minimum absolute atomic E-state index is 0.0216. The van der Waals surface area contributed by atoms with Gasteiger partial charge in [0.1, 0.15) is 0 Å². The van der Waals surface area contributed by atoms with Crippen molar-refractivity contribution in [3.8, 4) is 0 Å². The Morgan fingerprint density at radius 2 is 1.89 bits per heavy atom. The summed E-state index contributed by atoms with van der Waals surface area (Å²) >= 11 is 1.13. The van der Waals surface area contributed by atoms with Gasteiger partial charge in [0.05, 0.1) is 11.5 Å². The number of nitrogens with one attached hydrogen (secondary N) is 1. The van der Waals surface area contributed by atoms with Crippen molar-refractivity contribution in [2.75, 3.05) is 32.1 Å². The van der Waals surface area contributed by atoms with Crippen molar-refractivity contribution >= 4 is 23.6 Å². The highest BCUT2D eigenvalue weighted by Crippen LogP contribution is 2.33. The van der Waals surface area contributed by atoms with Crippen LogP contribution < -0.4 is 5.32 Å². The topological polar surface area (TPSA) is 69.6 Å². The smallest absolute Gasteiger partial charge is 0.313 e. The molecule has 1 rings (SSSR count). The quantitative estimate of drug-likeness (QED) is 0.718. The molecule has 1 aliphatic rings. The molecule has 6 heteroatoms. The lowest BCUT2D eigenvalue weighted by Crippen LogP contribution is -2.51. The Morgan fingerprint density at radius 3 is 2.39 bits per heavy atom. The van der Waals surface area contributed by atoms with Crippen molar-refractivity contribution in [2.45, 2.75) is 31.2 Å². The fraction of sp³-hybridized carbons (Fsp3) is 0.833. The second kappa shape index (κ2) is 6.99. The molecule has 0 saturated heterocycles. The van der Waals surface area contributed by atoms with Gasteiger partial charge in [-0.3, -0.25) is 9.59 Å². The monoisotopic (exact) mass is 274 g/mol. The summed E-state index contributed by atoms with van der Waals surface area (Å²) in [5.41, 5.74) is 0.0904. The number of hydrogen-bond donors (Lipinski definition) is 2. The molecule has 0 radical (unpaired) electrons. The van der Waals surface area contributed by atoms with Crippen LogP contribution in [0.5, 0.6) is 0 Å². The zero-order valence-electron chi connectivity index (χ0n) is 11.1. The first-order valence-corrected chi connectivity index (χ1v) is 7.35. The van der Waals surface area contributed by atoms with Crippen LogP contribution in [0.15, 0.2) is 0 Å². The number of amides is 1. The predicted molar refractivity (Wildman–Crippen MR) is 72.9 cm³/mol. The number of carboxylic acids is 1. The van der Waals surface area contributed by atoms with E-state index in [1.165, 1.54) is 12.8 Å². The Balaban J connectivity index is 2.30. The summed E-state index contributed by atoms with van der Waals surface area (Å²) in [5.74, 6) is -0.759. The second-order valence-electron chi connectivity index (χ2n) is 4.99. The van der Waals surface area contributed by atoms with Gasteiger partial charge >= 0.3 is 5.97 Å². The van der Waals surface area contributed by atoms with Crippen molar-refractivity contribution in [3.05, 3.63) is 0 Å². The maximum Gasteiger partial charge on any atom is 0.313 e. The number of carbonyl (C=O) groups is 2. The summed E-state index contributed by atoms with van der Waals surface area (Å²) in [6.45, 7) is 0.659. The van der Waals surface area contributed by atoms with Gasteiger partial charge in [-0.25, -0.2) is 0 Å². The number of hydrogen-bond acceptors (Lipinski definition) is 4. The Hall–Kier alpha value is -0.750. The van der Waals surface area contributed by atoms with Gasteiger partial charge in [-0.15, -0.1) is 11.8 Å². The molecule has 1 fully saturated rings. The van der Waals surface area contributed by atoms with E-state index in [-0.39, 0.29) is 23.0 Å². The van der Waals surface area contributed by atoms with E-state index in [1.807, 2.05) is 0 Å². The van der Waals surface area contributed by atoms with Gasteiger partial charge < -0.3 is 15.3 Å². The van der Waals surface area contributed by atoms with Crippen LogP contribution in [0.1, 0.15) is 25.7 Å². The zero-order chi connectivity index (χ0) is 13.6. The molecular weight excluding hydrogens is 252 g/mol. The normalized spacial score (nSPS) is 17.9. The SMILES string of the molecule is CN(C)C1(CNC(=O)CSCC(=O)O)CCCC1. The van der Waals surface area contributed by atoms with Crippen LogP contribution in [0.3, 0.4) is 0 Å². The Morgan fingerprint density at radius 1 is 1.28 bits per heavy atom. The summed E-state index contributed by atoms with van der Waals surface area (Å²) < 4.78 is 0. The Labute approximate surface area is 112 Å². The van der Waals surface area contributed by atoms with E-state index in [9.17, 15) is 9.59 Å². The molecule has 0 aliphatic heterocycles. The van der Waals surface area contributed by atoms with E-state index < -0.39 is 5.97 Å². The predicted octanol–water partition coefficient (Wildman–Crippen LogP) is 0.795. The maximum atomic E-state index is 11.6. The molecule has 0 spiro atoms. The summed E-state index contributed by atoms with van der Waals surface area (Å²) in [5, 5.41) is 11.4. The van der Waals surface area contributed by atoms with Crippen LogP contribution in [0.4, 0.5) is 0 Å². The Kier molecular flexibility index (Phi) is 5.95. The average Bonchev–Trinajstić information content (AvgIpc) is 2.75. The lowest BCUT2D eigenvalue weighted by molar-refractivity contribution is -0.133. The van der Waals surface area contributed by atoms with Gasteiger partial charge in [0, 0.05) is 12.1 Å². The first kappa shape index (κ1) is 15.3. The number of thioether (sulfide) groups is 1. The van der Waals surface area contributed by atoms with Gasteiger partial charge in [-0.2, -0.15) is 0 Å². The van der Waals surface area contributed by atoms with E-state index >= 15 is 0 Å². The molecule has 0 heterocycles. The summed E-state index contributed by atoms with van der Waals surface area (Å²) in [7, 11) is 4.10. The van der Waals surface area contributed by atoms with Crippen molar-refractivity contribution < 1.29 is 14.7 Å². The molecule has 0 unspecified atom stereocenters. The molecule has 1 amide bonds. The summed E-state index contributed by atoms with van der Waals surface area (Å²) in [6, 6.07) is 0. The molecule has 18 heavy (non-hydrogen) atoms. The molecule has 1 aliphatic carbocycles. The molecule has 0 aromatic carbocycles. The molecule has 0 bridgehead atoms. The van der Waals surface area contributed by atoms with Crippen LogP contribution in [-0.4, -0.2) is 59.6 Å². The van der Waals surface area contributed by atoms with Crippen LogP contribution in [0.2, 0.25) is 0 Å². The van der Waals surface area contributed by atoms with Gasteiger partial charge in [0.25, 0.3) is 0 Å². The molecular formula is C12H22N2O3S. The van der Waals surface area contributed by atoms with Crippen LogP contribution in [-0.2, 0) is 9.59 Å².